The highest BCUT2D eigenvalue weighted by atomic mass is 32.1. The van der Waals surface area contributed by atoms with E-state index in [9.17, 15) is 9.59 Å². The molecule has 3 heterocycles. The predicted molar refractivity (Wildman–Crippen MR) is 97.3 cm³/mol. The van der Waals surface area contributed by atoms with E-state index in [1.165, 1.54) is 28.7 Å². The summed E-state index contributed by atoms with van der Waals surface area (Å²) in [6.07, 6.45) is 3.32. The molecule has 116 valence electrons. The summed E-state index contributed by atoms with van der Waals surface area (Å²) in [5.74, 6) is -0.0990. The molecule has 6 heteroatoms. The maximum atomic E-state index is 12.2. The second-order valence-corrected chi connectivity index (χ2v) is 7.73. The van der Waals surface area contributed by atoms with Gasteiger partial charge in [-0.2, -0.15) is 0 Å². The maximum absolute atomic E-state index is 12.2. The predicted octanol–water partition coefficient (Wildman–Crippen LogP) is 4.43. The lowest BCUT2D eigenvalue weighted by molar-refractivity contribution is -0.116. The molecule has 0 aromatic carbocycles. The molecular formula is C17H13NO2S3. The lowest BCUT2D eigenvalue weighted by Crippen LogP contribution is -2.19. The van der Waals surface area contributed by atoms with Gasteiger partial charge in [0.1, 0.15) is 0 Å². The van der Waals surface area contributed by atoms with E-state index in [1.807, 2.05) is 47.2 Å². The van der Waals surface area contributed by atoms with Crippen molar-refractivity contribution in [1.29, 1.82) is 0 Å². The summed E-state index contributed by atoms with van der Waals surface area (Å²) >= 11 is 4.44. The zero-order chi connectivity index (χ0) is 16.1. The van der Waals surface area contributed by atoms with Crippen molar-refractivity contribution in [1.82, 2.24) is 5.32 Å². The van der Waals surface area contributed by atoms with Crippen LogP contribution in [0.15, 0.2) is 53.2 Å². The van der Waals surface area contributed by atoms with Crippen molar-refractivity contribution in [2.24, 2.45) is 0 Å². The lowest BCUT2D eigenvalue weighted by atomic mass is 10.3. The van der Waals surface area contributed by atoms with Crippen LogP contribution in [-0.4, -0.2) is 11.7 Å². The van der Waals surface area contributed by atoms with Crippen LogP contribution in [0.1, 0.15) is 24.3 Å². The fourth-order valence-electron chi connectivity index (χ4n) is 1.90. The van der Waals surface area contributed by atoms with Gasteiger partial charge in [-0.3, -0.25) is 9.59 Å². The van der Waals surface area contributed by atoms with Crippen LogP contribution in [0.3, 0.4) is 0 Å². The van der Waals surface area contributed by atoms with E-state index < -0.39 is 0 Å². The molecule has 0 unspecified atom stereocenters. The normalized spacial score (nSPS) is 11.0. The van der Waals surface area contributed by atoms with Gasteiger partial charge in [0, 0.05) is 15.8 Å². The van der Waals surface area contributed by atoms with Crippen LogP contribution in [0.2, 0.25) is 0 Å². The highest BCUT2D eigenvalue weighted by Gasteiger charge is 2.12. The van der Waals surface area contributed by atoms with Crippen molar-refractivity contribution in [3.8, 4) is 0 Å². The first-order valence-electron chi connectivity index (χ1n) is 6.89. The number of nitrogens with one attached hydrogen (secondary N) is 1. The molecule has 0 aliphatic heterocycles. The first-order valence-corrected chi connectivity index (χ1v) is 9.46. The third-order valence-corrected chi connectivity index (χ3v) is 5.80. The molecule has 1 amide bonds. The second kappa shape index (κ2) is 7.50. The minimum Gasteiger partial charge on any atom is -0.348 e. The molecule has 3 nitrogen and oxygen atoms in total. The standard InChI is InChI=1S/C17H13NO2S3/c19-16(8-6-12-3-1-9-21-12)18-11-13-5-7-15(23-13)17(20)14-4-2-10-22-14/h1-10H,11H2,(H,18,19)/b8-6+. The van der Waals surface area contributed by atoms with Crippen molar-refractivity contribution < 1.29 is 9.59 Å². The minimum atomic E-state index is -0.141. The van der Waals surface area contributed by atoms with Crippen LogP contribution in [0.4, 0.5) is 0 Å². The quantitative estimate of drug-likeness (QED) is 0.523. The maximum Gasteiger partial charge on any atom is 0.244 e. The van der Waals surface area contributed by atoms with Crippen LogP contribution in [0.5, 0.6) is 0 Å². The molecule has 0 bridgehead atoms. The number of thiophene rings is 3. The third-order valence-electron chi connectivity index (χ3n) is 3.01. The molecule has 3 aromatic rings. The van der Waals surface area contributed by atoms with Crippen molar-refractivity contribution in [2.75, 3.05) is 0 Å². The molecule has 0 atom stereocenters. The van der Waals surface area contributed by atoms with Gasteiger partial charge in [-0.15, -0.1) is 34.0 Å². The number of ketones is 1. The summed E-state index contributed by atoms with van der Waals surface area (Å²) in [6.45, 7) is 0.427. The largest absolute Gasteiger partial charge is 0.348 e. The van der Waals surface area contributed by atoms with Crippen LogP contribution in [0, 0.1) is 0 Å². The summed E-state index contributed by atoms with van der Waals surface area (Å²) in [5.41, 5.74) is 0. The monoisotopic (exact) mass is 359 g/mol. The van der Waals surface area contributed by atoms with E-state index in [0.29, 0.717) is 11.4 Å². The number of carbonyl (C=O) groups is 2. The highest BCUT2D eigenvalue weighted by molar-refractivity contribution is 7.16. The average Bonchev–Trinajstić information content (AvgIpc) is 3.33. The highest BCUT2D eigenvalue weighted by Crippen LogP contribution is 2.22. The Labute approximate surface area is 145 Å². The number of carbonyl (C=O) groups excluding carboxylic acids is 2. The first-order chi connectivity index (χ1) is 11.2. The molecule has 23 heavy (non-hydrogen) atoms. The van der Waals surface area contributed by atoms with Crippen LogP contribution >= 0.6 is 34.0 Å². The van der Waals surface area contributed by atoms with E-state index in [1.54, 1.807) is 17.4 Å². The number of rotatable bonds is 6. The molecule has 0 saturated heterocycles. The molecule has 3 rings (SSSR count). The summed E-state index contributed by atoms with van der Waals surface area (Å²) < 4.78 is 0. The van der Waals surface area contributed by atoms with Crippen molar-refractivity contribution in [3.63, 3.8) is 0 Å². The van der Waals surface area contributed by atoms with Gasteiger partial charge in [-0.1, -0.05) is 12.1 Å². The van der Waals surface area contributed by atoms with Gasteiger partial charge in [-0.05, 0) is 41.1 Å². The third kappa shape index (κ3) is 4.25. The summed E-state index contributed by atoms with van der Waals surface area (Å²) in [6, 6.07) is 11.3. The van der Waals surface area contributed by atoms with Gasteiger partial charge in [-0.25, -0.2) is 0 Å². The topological polar surface area (TPSA) is 46.2 Å². The van der Waals surface area contributed by atoms with Gasteiger partial charge in [0.25, 0.3) is 0 Å². The number of amides is 1. The van der Waals surface area contributed by atoms with E-state index in [-0.39, 0.29) is 11.7 Å². The van der Waals surface area contributed by atoms with Gasteiger partial charge >= 0.3 is 0 Å². The van der Waals surface area contributed by atoms with E-state index >= 15 is 0 Å². The fraction of sp³-hybridized carbons (Fsp3) is 0.0588. The molecule has 0 aliphatic carbocycles. The fourth-order valence-corrected chi connectivity index (χ4v) is 4.16. The Balaban J connectivity index is 1.55. The molecule has 1 N–H and O–H groups in total. The van der Waals surface area contributed by atoms with E-state index in [0.717, 1.165) is 14.6 Å². The summed E-state index contributed by atoms with van der Waals surface area (Å²) in [5, 5.41) is 6.69. The zero-order valence-electron chi connectivity index (χ0n) is 12.0. The minimum absolute atomic E-state index is 0.0418. The Bertz CT molecular complexity index is 814. The molecule has 0 saturated carbocycles. The van der Waals surface area contributed by atoms with Crippen molar-refractivity contribution in [3.05, 3.63) is 72.7 Å². The van der Waals surface area contributed by atoms with E-state index in [2.05, 4.69) is 5.32 Å². The van der Waals surface area contributed by atoms with Crippen LogP contribution in [0.25, 0.3) is 6.08 Å². The van der Waals surface area contributed by atoms with Gasteiger partial charge in [0.05, 0.1) is 16.3 Å². The van der Waals surface area contributed by atoms with Crippen molar-refractivity contribution in [2.45, 2.75) is 6.54 Å². The molecule has 0 spiro atoms. The first kappa shape index (κ1) is 15.9. The van der Waals surface area contributed by atoms with Gasteiger partial charge < -0.3 is 5.32 Å². The summed E-state index contributed by atoms with van der Waals surface area (Å²) in [4.78, 5) is 27.4. The Morgan fingerprint density at radius 1 is 1.00 bits per heavy atom. The molecule has 3 aromatic heterocycles. The number of hydrogen-bond acceptors (Lipinski definition) is 5. The second-order valence-electron chi connectivity index (χ2n) is 4.64. The van der Waals surface area contributed by atoms with Crippen LogP contribution in [-0.2, 0) is 11.3 Å². The SMILES string of the molecule is O=C(/C=C/c1cccs1)NCc1ccc(C(=O)c2cccs2)s1. The smallest absolute Gasteiger partial charge is 0.244 e. The Morgan fingerprint density at radius 3 is 2.57 bits per heavy atom. The Hall–Kier alpha value is -2.02. The summed E-state index contributed by atoms with van der Waals surface area (Å²) in [7, 11) is 0. The Kier molecular flexibility index (Phi) is 5.17. The molecule has 0 aliphatic rings. The zero-order valence-corrected chi connectivity index (χ0v) is 14.5. The van der Waals surface area contributed by atoms with Crippen molar-refractivity contribution >= 4 is 51.8 Å². The lowest BCUT2D eigenvalue weighted by Gasteiger charge is -1.98. The molecule has 0 fully saturated rings. The van der Waals surface area contributed by atoms with Gasteiger partial charge in [0.15, 0.2) is 0 Å². The Morgan fingerprint density at radius 2 is 1.83 bits per heavy atom. The molecular weight excluding hydrogens is 346 g/mol. The van der Waals surface area contributed by atoms with Crippen LogP contribution < -0.4 is 5.32 Å². The number of hydrogen-bond donors (Lipinski definition) is 1. The molecule has 0 radical (unpaired) electrons. The average molecular weight is 359 g/mol. The van der Waals surface area contributed by atoms with E-state index in [4.69, 9.17) is 0 Å². The van der Waals surface area contributed by atoms with Gasteiger partial charge in [0.2, 0.25) is 11.7 Å².